The first-order valence-electron chi connectivity index (χ1n) is 8.05. The predicted molar refractivity (Wildman–Crippen MR) is 96.0 cm³/mol. The molecule has 0 unspecified atom stereocenters. The fraction of sp³-hybridized carbons (Fsp3) is 0.111. The van der Waals surface area contributed by atoms with Crippen LogP contribution in [0, 0.1) is 11.6 Å². The Labute approximate surface area is 153 Å². The van der Waals surface area contributed by atoms with Gasteiger partial charge in [0.05, 0.1) is 5.69 Å². The van der Waals surface area contributed by atoms with E-state index < -0.39 is 11.6 Å². The Morgan fingerprint density at radius 3 is 2.70 bits per heavy atom. The van der Waals surface area contributed by atoms with Crippen LogP contribution in [0.1, 0.15) is 5.56 Å². The summed E-state index contributed by atoms with van der Waals surface area (Å²) < 4.78 is 37.8. The highest BCUT2D eigenvalue weighted by molar-refractivity contribution is 5.77. The Morgan fingerprint density at radius 2 is 1.81 bits per heavy atom. The van der Waals surface area contributed by atoms with Crippen molar-refractivity contribution < 1.29 is 18.3 Å². The molecule has 138 valence electrons. The van der Waals surface area contributed by atoms with Crippen LogP contribution in [0.2, 0.25) is 0 Å². The molecule has 27 heavy (non-hydrogen) atoms. The van der Waals surface area contributed by atoms with Gasteiger partial charge >= 0.3 is 0 Å². The largest absolute Gasteiger partial charge is 0.454 e. The molecular weight excluding hydrogens is 356 g/mol. The lowest BCUT2D eigenvalue weighted by molar-refractivity contribution is 0.174. The monoisotopic (exact) mass is 371 g/mol. The van der Waals surface area contributed by atoms with Gasteiger partial charge in [0.1, 0.15) is 23.6 Å². The molecule has 0 saturated heterocycles. The maximum absolute atomic E-state index is 13.8. The van der Waals surface area contributed by atoms with Crippen molar-refractivity contribution in [3.05, 3.63) is 59.9 Å². The number of nitrogens with zero attached hydrogens (tertiary/aromatic N) is 2. The molecule has 0 bridgehead atoms. The maximum Gasteiger partial charge on any atom is 0.231 e. The Morgan fingerprint density at radius 1 is 1.00 bits per heavy atom. The van der Waals surface area contributed by atoms with Crippen molar-refractivity contribution in [2.45, 2.75) is 6.54 Å². The first-order valence-corrected chi connectivity index (χ1v) is 8.05. The molecule has 3 aromatic rings. The van der Waals surface area contributed by atoms with Gasteiger partial charge in [-0.25, -0.2) is 18.7 Å². The lowest BCUT2D eigenvalue weighted by atomic mass is 10.2. The van der Waals surface area contributed by atoms with Crippen LogP contribution in [0.4, 0.5) is 31.8 Å². The van der Waals surface area contributed by atoms with Crippen molar-refractivity contribution in [3.8, 4) is 11.5 Å². The van der Waals surface area contributed by atoms with Crippen molar-refractivity contribution >= 4 is 23.0 Å². The molecule has 0 atom stereocenters. The van der Waals surface area contributed by atoms with Crippen LogP contribution in [0.5, 0.6) is 11.5 Å². The summed E-state index contributed by atoms with van der Waals surface area (Å²) in [7, 11) is 0. The molecular formula is C18H15F2N5O2. The lowest BCUT2D eigenvalue weighted by Gasteiger charge is -2.13. The number of nitrogens with one attached hydrogen (secondary N) is 2. The van der Waals surface area contributed by atoms with E-state index in [2.05, 4.69) is 20.6 Å². The third-order valence-electron chi connectivity index (χ3n) is 3.96. The quantitative estimate of drug-likeness (QED) is 0.633. The topological polar surface area (TPSA) is 94.3 Å². The number of benzene rings is 2. The second-order valence-corrected chi connectivity index (χ2v) is 5.77. The van der Waals surface area contributed by atoms with Gasteiger partial charge in [-0.1, -0.05) is 6.07 Å². The zero-order valence-electron chi connectivity index (χ0n) is 14.0. The van der Waals surface area contributed by atoms with Crippen molar-refractivity contribution in [1.29, 1.82) is 0 Å². The van der Waals surface area contributed by atoms with E-state index in [1.54, 1.807) is 0 Å². The Kier molecular flexibility index (Phi) is 4.33. The summed E-state index contributed by atoms with van der Waals surface area (Å²) in [6.45, 7) is 0.627. The smallest absolute Gasteiger partial charge is 0.231 e. The van der Waals surface area contributed by atoms with E-state index in [1.165, 1.54) is 6.33 Å². The van der Waals surface area contributed by atoms with E-state index in [4.69, 9.17) is 15.2 Å². The molecule has 1 aliphatic rings. The molecule has 1 aliphatic heterocycles. The van der Waals surface area contributed by atoms with Gasteiger partial charge in [0.15, 0.2) is 23.1 Å². The summed E-state index contributed by atoms with van der Waals surface area (Å²) in [5.41, 5.74) is 7.11. The zero-order valence-corrected chi connectivity index (χ0v) is 14.0. The zero-order chi connectivity index (χ0) is 18.8. The number of rotatable bonds is 5. The highest BCUT2D eigenvalue weighted by Crippen LogP contribution is 2.33. The summed E-state index contributed by atoms with van der Waals surface area (Å²) in [4.78, 5) is 8.09. The maximum atomic E-state index is 13.8. The lowest BCUT2D eigenvalue weighted by Crippen LogP contribution is -2.08. The molecule has 1 aromatic heterocycles. The van der Waals surface area contributed by atoms with Crippen LogP contribution in [0.15, 0.2) is 42.7 Å². The van der Waals surface area contributed by atoms with Crippen LogP contribution in [0.3, 0.4) is 0 Å². The Hall–Kier alpha value is -3.62. The van der Waals surface area contributed by atoms with Crippen molar-refractivity contribution in [3.63, 3.8) is 0 Å². The molecule has 0 saturated carbocycles. The number of halogens is 2. The van der Waals surface area contributed by atoms with E-state index in [0.29, 0.717) is 23.9 Å². The molecule has 0 fully saturated rings. The molecule has 2 aromatic carbocycles. The van der Waals surface area contributed by atoms with Crippen LogP contribution in [0.25, 0.3) is 0 Å². The molecule has 0 amide bonds. The van der Waals surface area contributed by atoms with Crippen LogP contribution in [-0.4, -0.2) is 16.8 Å². The van der Waals surface area contributed by atoms with Crippen LogP contribution >= 0.6 is 0 Å². The number of anilines is 4. The average Bonchev–Trinajstić information content (AvgIpc) is 3.13. The van der Waals surface area contributed by atoms with Gasteiger partial charge < -0.3 is 25.8 Å². The van der Waals surface area contributed by atoms with Gasteiger partial charge in [-0.2, -0.15) is 0 Å². The second kappa shape index (κ2) is 6.94. The summed E-state index contributed by atoms with van der Waals surface area (Å²) in [6.07, 6.45) is 1.28. The first-order chi connectivity index (χ1) is 13.1. The second-order valence-electron chi connectivity index (χ2n) is 5.77. The number of hydrogen-bond donors (Lipinski definition) is 3. The Bertz CT molecular complexity index is 999. The molecule has 0 aliphatic carbocycles. The summed E-state index contributed by atoms with van der Waals surface area (Å²) in [5.74, 6) is 0.708. The van der Waals surface area contributed by atoms with E-state index in [-0.39, 0.29) is 24.0 Å². The highest BCUT2D eigenvalue weighted by Gasteiger charge is 2.14. The van der Waals surface area contributed by atoms with Crippen LogP contribution in [-0.2, 0) is 6.54 Å². The third-order valence-corrected chi connectivity index (χ3v) is 3.96. The van der Waals surface area contributed by atoms with Crippen molar-refractivity contribution in [2.24, 2.45) is 0 Å². The number of ether oxygens (including phenoxy) is 2. The predicted octanol–water partition coefficient (Wildman–Crippen LogP) is 3.42. The minimum Gasteiger partial charge on any atom is -0.454 e. The Balaban J connectivity index is 1.51. The van der Waals surface area contributed by atoms with E-state index >= 15 is 0 Å². The molecule has 7 nitrogen and oxygen atoms in total. The number of fused-ring (bicyclic) bond motifs is 1. The molecule has 2 heterocycles. The van der Waals surface area contributed by atoms with Gasteiger partial charge in [-0.15, -0.1) is 0 Å². The molecule has 0 radical (unpaired) electrons. The molecule has 0 spiro atoms. The first kappa shape index (κ1) is 16.8. The number of nitrogen functional groups attached to an aromatic ring is 1. The third kappa shape index (κ3) is 3.52. The molecule has 9 heteroatoms. The van der Waals surface area contributed by atoms with Gasteiger partial charge in [0.2, 0.25) is 6.79 Å². The number of aromatic nitrogens is 2. The molecule has 4 N–H and O–H groups in total. The summed E-state index contributed by atoms with van der Waals surface area (Å²) in [5, 5.41) is 5.78. The van der Waals surface area contributed by atoms with Gasteiger partial charge in [-0.05, 0) is 29.8 Å². The normalized spacial score (nSPS) is 12.1. The number of nitrogens with two attached hydrogens (primary N) is 1. The summed E-state index contributed by atoms with van der Waals surface area (Å²) in [6, 6.07) is 8.64. The number of hydrogen-bond acceptors (Lipinski definition) is 7. The molecule has 4 rings (SSSR count). The van der Waals surface area contributed by atoms with E-state index in [1.807, 2.05) is 18.2 Å². The van der Waals surface area contributed by atoms with Crippen molar-refractivity contribution in [1.82, 2.24) is 9.97 Å². The van der Waals surface area contributed by atoms with Crippen molar-refractivity contribution in [2.75, 3.05) is 23.2 Å². The van der Waals surface area contributed by atoms with E-state index in [0.717, 1.165) is 23.8 Å². The fourth-order valence-electron chi connectivity index (χ4n) is 2.59. The van der Waals surface area contributed by atoms with Gasteiger partial charge in [0, 0.05) is 12.6 Å². The van der Waals surface area contributed by atoms with Crippen LogP contribution < -0.4 is 25.8 Å². The van der Waals surface area contributed by atoms with Gasteiger partial charge in [0.25, 0.3) is 0 Å². The fourth-order valence-corrected chi connectivity index (χ4v) is 2.59. The SMILES string of the molecule is Nc1c(NCc2ccc3c(c2)OCO3)ncnc1Nc1cc(F)ccc1F. The average molecular weight is 371 g/mol. The minimum absolute atomic E-state index is 0.0675. The summed E-state index contributed by atoms with van der Waals surface area (Å²) >= 11 is 0. The minimum atomic E-state index is -0.621. The standard InChI is InChI=1S/C18H15F2N5O2/c19-11-2-3-12(20)13(6-11)25-18-16(21)17(23-8-24-18)22-7-10-1-4-14-15(5-10)27-9-26-14/h1-6,8H,7,9,21H2,(H2,22,23,24,25). The highest BCUT2D eigenvalue weighted by atomic mass is 19.1. The van der Waals surface area contributed by atoms with Gasteiger partial charge in [-0.3, -0.25) is 0 Å². The van der Waals surface area contributed by atoms with E-state index in [9.17, 15) is 8.78 Å².